The van der Waals surface area contributed by atoms with Crippen LogP contribution in [0.1, 0.15) is 33.3 Å². The predicted octanol–water partition coefficient (Wildman–Crippen LogP) is 5.06. The highest BCUT2D eigenvalue weighted by molar-refractivity contribution is 7.69. The molecule has 0 atom stereocenters. The number of esters is 1. The highest BCUT2D eigenvalue weighted by atomic mass is 31.2. The van der Waals surface area contributed by atoms with E-state index in [0.29, 0.717) is 22.9 Å². The van der Waals surface area contributed by atoms with Crippen molar-refractivity contribution in [3.63, 3.8) is 0 Å². The Kier molecular flexibility index (Phi) is 7.80. The van der Waals surface area contributed by atoms with Gasteiger partial charge >= 0.3 is 13.9 Å². The second kappa shape index (κ2) is 11.0. The SMILES string of the molecule is COC(=O)c1c(C)nc(C)c([P+](O)(OCc2ccco2)OCc2ccco2)c1-c1cccc([N+](=O)[O-])c1. The summed E-state index contributed by atoms with van der Waals surface area (Å²) in [6.45, 7) is 2.91. The van der Waals surface area contributed by atoms with Gasteiger partial charge in [0.15, 0.2) is 13.2 Å². The van der Waals surface area contributed by atoms with E-state index in [9.17, 15) is 19.8 Å². The number of non-ortho nitro benzene ring substituents is 1. The number of pyridine rings is 1. The number of hydrogen-bond donors (Lipinski definition) is 1. The van der Waals surface area contributed by atoms with E-state index in [4.69, 9.17) is 22.6 Å². The number of ether oxygens (including phenoxy) is 1. The molecule has 0 bridgehead atoms. The largest absolute Gasteiger partial charge is 0.467 e. The van der Waals surface area contributed by atoms with Gasteiger partial charge in [0.1, 0.15) is 11.5 Å². The predicted molar refractivity (Wildman–Crippen MR) is 133 cm³/mol. The van der Waals surface area contributed by atoms with Crippen molar-refractivity contribution < 1.29 is 37.2 Å². The zero-order chi connectivity index (χ0) is 26.6. The van der Waals surface area contributed by atoms with Gasteiger partial charge in [-0.05, 0) is 43.7 Å². The molecule has 0 saturated heterocycles. The molecule has 37 heavy (non-hydrogen) atoms. The molecule has 192 valence electrons. The lowest BCUT2D eigenvalue weighted by atomic mass is 9.97. The van der Waals surface area contributed by atoms with Crippen molar-refractivity contribution in [2.24, 2.45) is 0 Å². The maximum absolute atomic E-state index is 12.9. The van der Waals surface area contributed by atoms with Crippen LogP contribution in [0.2, 0.25) is 0 Å². The molecule has 12 heteroatoms. The van der Waals surface area contributed by atoms with E-state index in [1.54, 1.807) is 44.2 Å². The third-order valence-electron chi connectivity index (χ3n) is 5.47. The minimum Gasteiger partial charge on any atom is -0.467 e. The van der Waals surface area contributed by atoms with Crippen molar-refractivity contribution >= 4 is 24.9 Å². The van der Waals surface area contributed by atoms with Crippen LogP contribution in [0.25, 0.3) is 11.1 Å². The molecule has 4 aromatic rings. The molecule has 1 aromatic carbocycles. The molecule has 0 spiro atoms. The first-order chi connectivity index (χ1) is 17.7. The number of nitro groups is 1. The van der Waals surface area contributed by atoms with Crippen molar-refractivity contribution in [2.45, 2.75) is 27.1 Å². The van der Waals surface area contributed by atoms with Crippen LogP contribution in [0.5, 0.6) is 0 Å². The summed E-state index contributed by atoms with van der Waals surface area (Å²) in [5.74, 6) is 0.0991. The van der Waals surface area contributed by atoms with E-state index >= 15 is 0 Å². The zero-order valence-corrected chi connectivity index (χ0v) is 21.1. The quantitative estimate of drug-likeness (QED) is 0.128. The second-order valence-electron chi connectivity index (χ2n) is 7.91. The fraction of sp³-hybridized carbons (Fsp3) is 0.200. The molecule has 3 aromatic heterocycles. The third kappa shape index (κ3) is 5.60. The van der Waals surface area contributed by atoms with Gasteiger partial charge in [0.2, 0.25) is 5.30 Å². The Bertz CT molecular complexity index is 1360. The number of furan rings is 2. The molecule has 11 nitrogen and oxygen atoms in total. The number of aryl methyl sites for hydroxylation is 2. The standard InChI is InChI=1S/C25H24N2O9P/c1-16-22(25(28)32-3)23(18-7-4-8-19(13-18)27(29)30)24(17(2)26-16)37(31,35-14-20-9-5-11-33-20)36-15-21-10-6-12-34-21/h4-13,31H,14-15H2,1-3H3/q+1. The first kappa shape index (κ1) is 26.2. The Morgan fingerprint density at radius 1 is 1.03 bits per heavy atom. The number of benzene rings is 1. The number of nitro benzene ring substituents is 1. The van der Waals surface area contributed by atoms with E-state index in [0.717, 1.165) is 0 Å². The Morgan fingerprint density at radius 3 is 2.16 bits per heavy atom. The topological polar surface area (TPSA) is 147 Å². The number of nitrogens with zero attached hydrogens (tertiary/aromatic N) is 2. The molecule has 0 amide bonds. The van der Waals surface area contributed by atoms with Crippen molar-refractivity contribution in [3.05, 3.63) is 99.6 Å². The van der Waals surface area contributed by atoms with Crippen molar-refractivity contribution in [1.82, 2.24) is 4.98 Å². The Balaban J connectivity index is 1.95. The van der Waals surface area contributed by atoms with E-state index < -0.39 is 18.8 Å². The molecule has 0 aliphatic heterocycles. The molecule has 0 aliphatic carbocycles. The van der Waals surface area contributed by atoms with Crippen LogP contribution in [-0.4, -0.2) is 27.9 Å². The van der Waals surface area contributed by atoms with Gasteiger partial charge in [0.25, 0.3) is 5.69 Å². The summed E-state index contributed by atoms with van der Waals surface area (Å²) in [7, 11) is -2.83. The summed E-state index contributed by atoms with van der Waals surface area (Å²) >= 11 is 0. The first-order valence-electron chi connectivity index (χ1n) is 11.0. The summed E-state index contributed by atoms with van der Waals surface area (Å²) in [5, 5.41) is 11.6. The van der Waals surface area contributed by atoms with Gasteiger partial charge in [0.05, 0.1) is 47.1 Å². The molecule has 1 N–H and O–H groups in total. The fourth-order valence-electron chi connectivity index (χ4n) is 3.85. The molecule has 3 heterocycles. The van der Waals surface area contributed by atoms with Gasteiger partial charge in [-0.1, -0.05) is 12.1 Å². The van der Waals surface area contributed by atoms with E-state index in [-0.39, 0.29) is 40.9 Å². The Hall–Kier alpha value is -3.89. The molecule has 0 unspecified atom stereocenters. The second-order valence-corrected chi connectivity index (χ2v) is 9.91. The van der Waals surface area contributed by atoms with Crippen molar-refractivity contribution in [2.75, 3.05) is 7.11 Å². The Morgan fingerprint density at radius 2 is 1.65 bits per heavy atom. The van der Waals surface area contributed by atoms with Gasteiger partial charge in [0, 0.05) is 12.1 Å². The summed E-state index contributed by atoms with van der Waals surface area (Å²) in [5.41, 5.74) is 0.862. The minimum absolute atomic E-state index is 0.0187. The molecular weight excluding hydrogens is 503 g/mol. The number of aromatic nitrogens is 1. The van der Waals surface area contributed by atoms with Gasteiger partial charge in [-0.2, -0.15) is 13.9 Å². The molecule has 0 fully saturated rings. The highest BCUT2D eigenvalue weighted by Gasteiger charge is 2.51. The van der Waals surface area contributed by atoms with Gasteiger partial charge in [-0.15, -0.1) is 0 Å². The first-order valence-corrected chi connectivity index (χ1v) is 12.6. The van der Waals surface area contributed by atoms with Gasteiger partial charge in [-0.25, -0.2) is 4.79 Å². The Labute approximate surface area is 212 Å². The molecule has 0 aliphatic rings. The summed E-state index contributed by atoms with van der Waals surface area (Å²) in [4.78, 5) is 40.4. The molecular formula is C25H24N2O9P+. The molecule has 4 rings (SSSR count). The van der Waals surface area contributed by atoms with Crippen LogP contribution in [0.4, 0.5) is 5.69 Å². The van der Waals surface area contributed by atoms with E-state index in [1.165, 1.54) is 37.8 Å². The fourth-order valence-corrected chi connectivity index (χ4v) is 5.77. The molecule has 0 radical (unpaired) electrons. The zero-order valence-electron chi connectivity index (χ0n) is 20.2. The number of methoxy groups -OCH3 is 1. The van der Waals surface area contributed by atoms with Crippen LogP contribution < -0.4 is 5.30 Å². The summed E-state index contributed by atoms with van der Waals surface area (Å²) < 4.78 is 27.6. The van der Waals surface area contributed by atoms with Gasteiger partial charge in [-0.3, -0.25) is 15.1 Å². The lowest BCUT2D eigenvalue weighted by molar-refractivity contribution is -0.384. The normalized spacial score (nSPS) is 11.5. The van der Waals surface area contributed by atoms with Crippen LogP contribution in [0.3, 0.4) is 0 Å². The third-order valence-corrected chi connectivity index (χ3v) is 7.54. The average Bonchev–Trinajstić information content (AvgIpc) is 3.60. The lowest BCUT2D eigenvalue weighted by Crippen LogP contribution is -2.26. The number of carbonyl (C=O) groups excluding carboxylic acids is 1. The number of carbonyl (C=O) groups is 1. The van der Waals surface area contributed by atoms with Crippen LogP contribution in [0.15, 0.2) is 69.9 Å². The van der Waals surface area contributed by atoms with E-state index in [1.807, 2.05) is 0 Å². The monoisotopic (exact) mass is 527 g/mol. The lowest BCUT2D eigenvalue weighted by Gasteiger charge is -2.22. The van der Waals surface area contributed by atoms with Gasteiger partial charge < -0.3 is 13.6 Å². The van der Waals surface area contributed by atoms with Crippen LogP contribution >= 0.6 is 7.94 Å². The number of rotatable bonds is 10. The maximum Gasteiger partial charge on any atom is 0.449 e. The number of hydrogen-bond acceptors (Lipinski definition) is 10. The van der Waals surface area contributed by atoms with Crippen LogP contribution in [-0.2, 0) is 27.0 Å². The minimum atomic E-state index is -4.04. The van der Waals surface area contributed by atoms with Crippen molar-refractivity contribution in [3.8, 4) is 11.1 Å². The average molecular weight is 527 g/mol. The molecule has 0 saturated carbocycles. The smallest absolute Gasteiger partial charge is 0.449 e. The summed E-state index contributed by atoms with van der Waals surface area (Å²) in [6.07, 6.45) is 2.92. The maximum atomic E-state index is 12.9. The summed E-state index contributed by atoms with van der Waals surface area (Å²) in [6, 6.07) is 12.4. The van der Waals surface area contributed by atoms with Crippen LogP contribution in [0, 0.1) is 24.0 Å². The van der Waals surface area contributed by atoms with E-state index in [2.05, 4.69) is 4.98 Å². The van der Waals surface area contributed by atoms with Crippen molar-refractivity contribution in [1.29, 1.82) is 0 Å². The highest BCUT2D eigenvalue weighted by Crippen LogP contribution is 2.59.